The van der Waals surface area contributed by atoms with Crippen LogP contribution in [0.15, 0.2) is 110 Å². The molecule has 6 aromatic rings. The van der Waals surface area contributed by atoms with E-state index in [4.69, 9.17) is 18.9 Å². The number of carbonyl (C=O) groups excluding carboxylic acids is 1. The number of anilines is 1. The van der Waals surface area contributed by atoms with Crippen LogP contribution in [0.1, 0.15) is 35.0 Å². The van der Waals surface area contributed by atoms with Crippen molar-refractivity contribution >= 4 is 22.9 Å². The molecule has 1 aliphatic rings. The second-order valence-corrected chi connectivity index (χ2v) is 11.5. The molecule has 1 saturated heterocycles. The number of ether oxygens (including phenoxy) is 4. The normalized spacial score (nSPS) is 15.8. The van der Waals surface area contributed by atoms with Crippen LogP contribution in [0, 0.1) is 0 Å². The summed E-state index contributed by atoms with van der Waals surface area (Å²) in [4.78, 5) is 26.0. The molecule has 1 fully saturated rings. The summed E-state index contributed by atoms with van der Waals surface area (Å²) in [5.41, 5.74) is 7.09. The Bertz CT molecular complexity index is 2010. The standard InChI is InChI=1S/C38H35N5O5/c1-45-29-15-11-25(12-16-29)32-10-6-9-28(34(32)26-13-17-30(46-2)18-14-26)21-47-22-31-19-20-33(48-31)43-24-41-35-36(39-23-40-37(35)43)42-38(44)27-7-4-3-5-8-27/h3-18,23-24,31,33H,19-22H2,1-2H3,(H,39,40,42,44)/t31-,33-/m1/s1. The topological polar surface area (TPSA) is 110 Å². The number of fused-ring (bicyclic) bond motifs is 1. The lowest BCUT2D eigenvalue weighted by Gasteiger charge is -2.18. The van der Waals surface area contributed by atoms with Crippen LogP contribution in [0.2, 0.25) is 0 Å². The smallest absolute Gasteiger partial charge is 0.256 e. The minimum atomic E-state index is -0.260. The van der Waals surface area contributed by atoms with Gasteiger partial charge in [-0.25, -0.2) is 15.0 Å². The molecule has 1 aliphatic heterocycles. The van der Waals surface area contributed by atoms with Gasteiger partial charge < -0.3 is 24.3 Å². The summed E-state index contributed by atoms with van der Waals surface area (Å²) in [6.45, 7) is 0.854. The summed E-state index contributed by atoms with van der Waals surface area (Å²) >= 11 is 0. The second kappa shape index (κ2) is 14.0. The van der Waals surface area contributed by atoms with E-state index in [0.717, 1.165) is 52.2 Å². The number of nitrogens with zero attached hydrogens (tertiary/aromatic N) is 4. The Morgan fingerprint density at radius 2 is 1.56 bits per heavy atom. The number of amides is 1. The van der Waals surface area contributed by atoms with Crippen molar-refractivity contribution < 1.29 is 23.7 Å². The van der Waals surface area contributed by atoms with Crippen molar-refractivity contribution in [1.82, 2.24) is 19.5 Å². The highest BCUT2D eigenvalue weighted by molar-refractivity contribution is 6.06. The Balaban J connectivity index is 1.05. The number of hydrogen-bond donors (Lipinski definition) is 1. The first-order chi connectivity index (χ1) is 23.6. The molecule has 0 bridgehead atoms. The largest absolute Gasteiger partial charge is 0.497 e. The Morgan fingerprint density at radius 3 is 2.29 bits per heavy atom. The fraction of sp³-hybridized carbons (Fsp3) is 0.211. The Hall–Kier alpha value is -5.58. The Labute approximate surface area is 278 Å². The summed E-state index contributed by atoms with van der Waals surface area (Å²) < 4.78 is 25.4. The van der Waals surface area contributed by atoms with Gasteiger partial charge in [0.15, 0.2) is 17.0 Å². The number of nitrogens with one attached hydrogen (secondary N) is 1. The number of hydrogen-bond acceptors (Lipinski definition) is 8. The van der Waals surface area contributed by atoms with E-state index in [9.17, 15) is 4.79 Å². The Morgan fingerprint density at radius 1 is 0.833 bits per heavy atom. The van der Waals surface area contributed by atoms with Crippen molar-refractivity contribution in [3.8, 4) is 33.8 Å². The van der Waals surface area contributed by atoms with Crippen LogP contribution in [0.3, 0.4) is 0 Å². The van der Waals surface area contributed by atoms with Crippen LogP contribution >= 0.6 is 0 Å². The molecule has 2 aromatic heterocycles. The lowest BCUT2D eigenvalue weighted by molar-refractivity contribution is -0.0433. The fourth-order valence-corrected chi connectivity index (χ4v) is 6.07. The summed E-state index contributed by atoms with van der Waals surface area (Å²) in [6, 6.07) is 31.5. The molecule has 4 aromatic carbocycles. The molecule has 242 valence electrons. The zero-order valence-corrected chi connectivity index (χ0v) is 26.7. The third-order valence-corrected chi connectivity index (χ3v) is 8.51. The highest BCUT2D eigenvalue weighted by Gasteiger charge is 2.29. The first kappa shape index (κ1) is 31.0. The first-order valence-electron chi connectivity index (χ1n) is 15.8. The van der Waals surface area contributed by atoms with Crippen LogP contribution in [-0.4, -0.2) is 52.4 Å². The number of benzene rings is 4. The van der Waals surface area contributed by atoms with Crippen molar-refractivity contribution in [3.05, 3.63) is 121 Å². The number of aromatic nitrogens is 4. The van der Waals surface area contributed by atoms with Crippen molar-refractivity contribution in [2.75, 3.05) is 26.1 Å². The van der Waals surface area contributed by atoms with Gasteiger partial charge in [-0.3, -0.25) is 9.36 Å². The second-order valence-electron chi connectivity index (χ2n) is 11.5. The highest BCUT2D eigenvalue weighted by Crippen LogP contribution is 2.37. The maximum Gasteiger partial charge on any atom is 0.256 e. The van der Waals surface area contributed by atoms with E-state index in [0.29, 0.717) is 35.8 Å². The third-order valence-electron chi connectivity index (χ3n) is 8.51. The monoisotopic (exact) mass is 641 g/mol. The van der Waals surface area contributed by atoms with E-state index in [1.807, 2.05) is 47.0 Å². The summed E-state index contributed by atoms with van der Waals surface area (Å²) in [7, 11) is 3.34. The van der Waals surface area contributed by atoms with Gasteiger partial charge in [-0.2, -0.15) is 0 Å². The summed E-state index contributed by atoms with van der Waals surface area (Å²) in [5.74, 6) is 1.71. The lowest BCUT2D eigenvalue weighted by atomic mass is 9.90. The van der Waals surface area contributed by atoms with Gasteiger partial charge >= 0.3 is 0 Å². The van der Waals surface area contributed by atoms with E-state index in [1.54, 1.807) is 32.7 Å². The Kier molecular flexibility index (Phi) is 9.08. The minimum absolute atomic E-state index is 0.0965. The molecular formula is C38H35N5O5. The van der Waals surface area contributed by atoms with Gasteiger partial charge in [-0.15, -0.1) is 0 Å². The summed E-state index contributed by atoms with van der Waals surface area (Å²) in [5, 5.41) is 2.86. The van der Waals surface area contributed by atoms with E-state index in [1.165, 1.54) is 6.33 Å². The van der Waals surface area contributed by atoms with Crippen molar-refractivity contribution in [3.63, 3.8) is 0 Å². The number of carbonyl (C=O) groups is 1. The zero-order chi connectivity index (χ0) is 32.9. The number of methoxy groups -OCH3 is 2. The molecule has 3 heterocycles. The predicted molar refractivity (Wildman–Crippen MR) is 183 cm³/mol. The molecule has 2 atom stereocenters. The van der Waals surface area contributed by atoms with Crippen LogP contribution in [0.4, 0.5) is 5.82 Å². The molecule has 10 nitrogen and oxygen atoms in total. The van der Waals surface area contributed by atoms with E-state index < -0.39 is 0 Å². The van der Waals surface area contributed by atoms with E-state index in [-0.39, 0.29) is 18.2 Å². The molecule has 10 heteroatoms. The molecule has 48 heavy (non-hydrogen) atoms. The number of imidazole rings is 1. The average molecular weight is 642 g/mol. The molecule has 0 radical (unpaired) electrons. The van der Waals surface area contributed by atoms with Gasteiger partial charge in [0.05, 0.1) is 39.9 Å². The molecule has 1 N–H and O–H groups in total. The minimum Gasteiger partial charge on any atom is -0.497 e. The summed E-state index contributed by atoms with van der Waals surface area (Å²) in [6.07, 6.45) is 4.36. The van der Waals surface area contributed by atoms with Gasteiger partial charge in [0, 0.05) is 5.56 Å². The highest BCUT2D eigenvalue weighted by atomic mass is 16.5. The molecule has 7 rings (SSSR count). The maximum absolute atomic E-state index is 12.8. The van der Waals surface area contributed by atoms with Gasteiger partial charge in [-0.05, 0) is 77.1 Å². The third kappa shape index (κ3) is 6.48. The van der Waals surface area contributed by atoms with Crippen LogP contribution < -0.4 is 14.8 Å². The van der Waals surface area contributed by atoms with Crippen molar-refractivity contribution in [1.29, 1.82) is 0 Å². The van der Waals surface area contributed by atoms with Crippen LogP contribution in [0.5, 0.6) is 11.5 Å². The average Bonchev–Trinajstić information content (AvgIpc) is 3.80. The van der Waals surface area contributed by atoms with Gasteiger partial charge in [0.25, 0.3) is 5.91 Å². The van der Waals surface area contributed by atoms with E-state index >= 15 is 0 Å². The van der Waals surface area contributed by atoms with Gasteiger partial charge in [0.2, 0.25) is 0 Å². The van der Waals surface area contributed by atoms with Crippen molar-refractivity contribution in [2.24, 2.45) is 0 Å². The first-order valence-corrected chi connectivity index (χ1v) is 15.8. The van der Waals surface area contributed by atoms with Crippen molar-refractivity contribution in [2.45, 2.75) is 31.8 Å². The zero-order valence-electron chi connectivity index (χ0n) is 26.7. The van der Waals surface area contributed by atoms with E-state index in [2.05, 4.69) is 62.7 Å². The predicted octanol–water partition coefficient (Wildman–Crippen LogP) is 7.32. The lowest BCUT2D eigenvalue weighted by Crippen LogP contribution is -2.17. The van der Waals surface area contributed by atoms with Crippen LogP contribution in [-0.2, 0) is 16.1 Å². The molecule has 0 saturated carbocycles. The molecular weight excluding hydrogens is 606 g/mol. The van der Waals surface area contributed by atoms with Gasteiger partial charge in [-0.1, -0.05) is 60.7 Å². The molecule has 0 aliphatic carbocycles. The maximum atomic E-state index is 12.8. The molecule has 0 unspecified atom stereocenters. The fourth-order valence-electron chi connectivity index (χ4n) is 6.07. The SMILES string of the molecule is COc1ccc(-c2cccc(COC[C@H]3CC[C@H](n4cnc5c(NC(=O)c6ccccc6)ncnc54)O3)c2-c2ccc(OC)cc2)cc1. The molecule has 0 spiro atoms. The van der Waals surface area contributed by atoms with Crippen LogP contribution in [0.25, 0.3) is 33.4 Å². The quantitative estimate of drug-likeness (QED) is 0.157. The number of rotatable bonds is 11. The van der Waals surface area contributed by atoms with Gasteiger partial charge in [0.1, 0.15) is 24.1 Å². The molecule has 1 amide bonds.